The summed E-state index contributed by atoms with van der Waals surface area (Å²) in [6, 6.07) is 15.8. The van der Waals surface area contributed by atoms with Crippen molar-refractivity contribution in [1.82, 2.24) is 4.98 Å². The van der Waals surface area contributed by atoms with Gasteiger partial charge in [0.1, 0.15) is 22.4 Å². The van der Waals surface area contributed by atoms with Crippen molar-refractivity contribution in [2.45, 2.75) is 20.3 Å². The Morgan fingerprint density at radius 3 is 2.55 bits per heavy atom. The lowest BCUT2D eigenvalue weighted by Crippen LogP contribution is -2.25. The van der Waals surface area contributed by atoms with E-state index in [-0.39, 0.29) is 18.1 Å². The highest BCUT2D eigenvalue weighted by Crippen LogP contribution is 2.34. The first-order valence-electron chi connectivity index (χ1n) is 9.61. The molecule has 5 nitrogen and oxygen atoms in total. The molecule has 1 aromatic heterocycles. The molecule has 0 spiro atoms. The topological polar surface area (TPSA) is 69.4 Å². The maximum atomic E-state index is 10.6. The van der Waals surface area contributed by atoms with Crippen LogP contribution in [0.2, 0.25) is 0 Å². The maximum Gasteiger partial charge on any atom is 0.139 e. The largest absolute Gasteiger partial charge is 0.510 e. The van der Waals surface area contributed by atoms with Crippen molar-refractivity contribution in [2.75, 3.05) is 18.1 Å². The second-order valence-electron chi connectivity index (χ2n) is 7.00. The molecule has 0 saturated carbocycles. The SMILES string of the molecule is CCCOc1ccc(N2CC(O)=C(c3nc(-c4ccc(C)cc4)cs3)C2=N)cc1. The fraction of sp³-hybridized carbons (Fsp3) is 0.217. The Bertz CT molecular complexity index is 1050. The van der Waals surface area contributed by atoms with Crippen molar-refractivity contribution in [3.63, 3.8) is 0 Å². The van der Waals surface area contributed by atoms with Gasteiger partial charge in [-0.3, -0.25) is 5.41 Å². The Balaban J connectivity index is 1.54. The van der Waals surface area contributed by atoms with Gasteiger partial charge in [-0.15, -0.1) is 11.3 Å². The van der Waals surface area contributed by atoms with Crippen molar-refractivity contribution < 1.29 is 9.84 Å². The number of aryl methyl sites for hydroxylation is 1. The zero-order valence-corrected chi connectivity index (χ0v) is 17.3. The number of ether oxygens (including phenoxy) is 1. The van der Waals surface area contributed by atoms with Gasteiger partial charge < -0.3 is 14.7 Å². The number of benzene rings is 2. The lowest BCUT2D eigenvalue weighted by atomic mass is 10.1. The lowest BCUT2D eigenvalue weighted by molar-refractivity contribution is 0.317. The molecule has 2 N–H and O–H groups in total. The molecule has 0 aliphatic carbocycles. The Morgan fingerprint density at radius 2 is 1.86 bits per heavy atom. The van der Waals surface area contributed by atoms with Crippen LogP contribution in [0.4, 0.5) is 5.69 Å². The van der Waals surface area contributed by atoms with Crippen molar-refractivity contribution in [1.29, 1.82) is 5.41 Å². The van der Waals surface area contributed by atoms with Crippen molar-refractivity contribution in [2.24, 2.45) is 0 Å². The molecule has 1 aliphatic rings. The first-order valence-corrected chi connectivity index (χ1v) is 10.5. The molecular formula is C23H23N3O2S. The van der Waals surface area contributed by atoms with Gasteiger partial charge in [-0.1, -0.05) is 36.8 Å². The van der Waals surface area contributed by atoms with E-state index in [1.807, 2.05) is 41.8 Å². The third-order valence-corrected chi connectivity index (χ3v) is 5.65. The summed E-state index contributed by atoms with van der Waals surface area (Å²) in [7, 11) is 0. The van der Waals surface area contributed by atoms with Crippen molar-refractivity contribution in [3.05, 3.63) is 70.2 Å². The first kappa shape index (κ1) is 19.2. The van der Waals surface area contributed by atoms with Crippen LogP contribution in [0.3, 0.4) is 0 Å². The van der Waals surface area contributed by atoms with E-state index in [0.717, 1.165) is 29.1 Å². The third-order valence-electron chi connectivity index (χ3n) is 4.79. The van der Waals surface area contributed by atoms with E-state index in [1.165, 1.54) is 16.9 Å². The maximum absolute atomic E-state index is 10.6. The fourth-order valence-corrected chi connectivity index (χ4v) is 4.11. The van der Waals surface area contributed by atoms with Gasteiger partial charge in [0.15, 0.2) is 0 Å². The molecule has 0 unspecified atom stereocenters. The number of nitrogens with zero attached hydrogens (tertiary/aromatic N) is 2. The van der Waals surface area contributed by atoms with Crippen LogP contribution in [-0.2, 0) is 0 Å². The highest BCUT2D eigenvalue weighted by Gasteiger charge is 2.31. The number of rotatable bonds is 6. The summed E-state index contributed by atoms with van der Waals surface area (Å²) in [6.45, 7) is 5.07. The molecule has 1 aliphatic heterocycles. The number of nitrogens with one attached hydrogen (secondary N) is 1. The van der Waals surface area contributed by atoms with E-state index < -0.39 is 0 Å². The highest BCUT2D eigenvalue weighted by atomic mass is 32.1. The molecule has 0 radical (unpaired) electrons. The molecule has 3 aromatic rings. The third kappa shape index (κ3) is 3.89. The van der Waals surface area contributed by atoms with E-state index in [2.05, 4.69) is 31.0 Å². The van der Waals surface area contributed by atoms with Gasteiger partial charge in [0.2, 0.25) is 0 Å². The standard InChI is InChI=1S/C23H23N3O2S/c1-3-12-28-18-10-8-17(9-11-18)26-13-20(27)21(22(26)24)23-25-19(14-29-23)16-6-4-15(2)5-7-16/h4-11,14,24,27H,3,12-13H2,1-2H3. The minimum Gasteiger partial charge on any atom is -0.510 e. The fourth-order valence-electron chi connectivity index (χ4n) is 3.21. The quantitative estimate of drug-likeness (QED) is 0.554. The average molecular weight is 406 g/mol. The average Bonchev–Trinajstić information content (AvgIpc) is 3.31. The Hall–Kier alpha value is -3.12. The van der Waals surface area contributed by atoms with E-state index >= 15 is 0 Å². The van der Waals surface area contributed by atoms with Crippen LogP contribution < -0.4 is 9.64 Å². The number of aromatic nitrogens is 1. The molecule has 0 amide bonds. The Labute approximate surface area is 174 Å². The first-order chi connectivity index (χ1) is 14.1. The monoisotopic (exact) mass is 405 g/mol. The molecule has 0 bridgehead atoms. The van der Waals surface area contributed by atoms with Crippen LogP contribution in [0.1, 0.15) is 23.9 Å². The van der Waals surface area contributed by atoms with Gasteiger partial charge in [0, 0.05) is 16.6 Å². The second kappa shape index (κ2) is 8.09. The summed E-state index contributed by atoms with van der Waals surface area (Å²) in [6.07, 6.45) is 0.956. The molecule has 4 rings (SSSR count). The summed E-state index contributed by atoms with van der Waals surface area (Å²) >= 11 is 1.45. The van der Waals surface area contributed by atoms with Crippen LogP contribution in [0, 0.1) is 12.3 Å². The number of thiazole rings is 1. The summed E-state index contributed by atoms with van der Waals surface area (Å²) in [5, 5.41) is 21.8. The molecule has 148 valence electrons. The molecular weight excluding hydrogens is 382 g/mol. The van der Waals surface area contributed by atoms with Crippen molar-refractivity contribution >= 4 is 28.4 Å². The number of hydrogen-bond acceptors (Lipinski definition) is 5. The summed E-state index contributed by atoms with van der Waals surface area (Å²) in [4.78, 5) is 6.46. The number of aliphatic hydroxyl groups is 1. The zero-order valence-electron chi connectivity index (χ0n) is 16.5. The number of hydrogen-bond donors (Lipinski definition) is 2. The lowest BCUT2D eigenvalue weighted by Gasteiger charge is -2.19. The van der Waals surface area contributed by atoms with Gasteiger partial charge >= 0.3 is 0 Å². The van der Waals surface area contributed by atoms with Crippen LogP contribution in [0.5, 0.6) is 5.75 Å². The van der Waals surface area contributed by atoms with Gasteiger partial charge in [0.05, 0.1) is 24.4 Å². The Kier molecular flexibility index (Phi) is 5.36. The van der Waals surface area contributed by atoms with Gasteiger partial charge in [-0.25, -0.2) is 4.98 Å². The highest BCUT2D eigenvalue weighted by molar-refractivity contribution is 7.11. The molecule has 0 fully saturated rings. The van der Waals surface area contributed by atoms with Gasteiger partial charge in [0.25, 0.3) is 0 Å². The predicted molar refractivity (Wildman–Crippen MR) is 119 cm³/mol. The Morgan fingerprint density at radius 1 is 1.14 bits per heavy atom. The molecule has 0 saturated heterocycles. The second-order valence-corrected chi connectivity index (χ2v) is 7.86. The number of anilines is 1. The van der Waals surface area contributed by atoms with Gasteiger partial charge in [-0.2, -0.15) is 0 Å². The normalized spacial score (nSPS) is 14.0. The molecule has 6 heteroatoms. The van der Waals surface area contributed by atoms with E-state index in [1.54, 1.807) is 4.90 Å². The van der Waals surface area contributed by atoms with E-state index in [9.17, 15) is 5.11 Å². The molecule has 2 aromatic carbocycles. The molecule has 29 heavy (non-hydrogen) atoms. The van der Waals surface area contributed by atoms with Crippen LogP contribution >= 0.6 is 11.3 Å². The predicted octanol–water partition coefficient (Wildman–Crippen LogP) is 5.67. The summed E-state index contributed by atoms with van der Waals surface area (Å²) in [5.74, 6) is 1.24. The minimum atomic E-state index is 0.172. The summed E-state index contributed by atoms with van der Waals surface area (Å²) < 4.78 is 5.62. The molecule has 2 heterocycles. The van der Waals surface area contributed by atoms with Gasteiger partial charge in [-0.05, 0) is 37.6 Å². The zero-order chi connectivity index (χ0) is 20.4. The smallest absolute Gasteiger partial charge is 0.139 e. The van der Waals surface area contributed by atoms with Crippen LogP contribution in [0.15, 0.2) is 59.7 Å². The molecule has 0 atom stereocenters. The van der Waals surface area contributed by atoms with Crippen molar-refractivity contribution in [3.8, 4) is 17.0 Å². The summed E-state index contributed by atoms with van der Waals surface area (Å²) in [5.41, 5.74) is 4.43. The number of amidine groups is 1. The number of aliphatic hydroxyl groups excluding tert-OH is 1. The minimum absolute atomic E-state index is 0.172. The van der Waals surface area contributed by atoms with E-state index in [0.29, 0.717) is 17.2 Å². The van der Waals surface area contributed by atoms with E-state index in [4.69, 9.17) is 10.1 Å². The van der Waals surface area contributed by atoms with Crippen LogP contribution in [-0.4, -0.2) is 29.1 Å². The van der Waals surface area contributed by atoms with Crippen LogP contribution in [0.25, 0.3) is 16.8 Å².